The zero-order valence-electron chi connectivity index (χ0n) is 19.7. The van der Waals surface area contributed by atoms with E-state index in [9.17, 15) is 9.59 Å². The van der Waals surface area contributed by atoms with Crippen LogP contribution in [-0.2, 0) is 29.1 Å². The number of aryl methyl sites for hydroxylation is 2. The molecule has 0 bridgehead atoms. The second-order valence-electron chi connectivity index (χ2n) is 7.42. The predicted octanol–water partition coefficient (Wildman–Crippen LogP) is 4.80. The van der Waals surface area contributed by atoms with Gasteiger partial charge in [-0.15, -0.1) is 28.1 Å². The lowest BCUT2D eigenvalue weighted by Crippen LogP contribution is -2.16. The van der Waals surface area contributed by atoms with Crippen LogP contribution >= 0.6 is 23.1 Å². The van der Waals surface area contributed by atoms with Crippen LogP contribution in [0.1, 0.15) is 39.1 Å². The van der Waals surface area contributed by atoms with E-state index in [-0.39, 0.29) is 18.3 Å². The Morgan fingerprint density at radius 2 is 2.09 bits per heavy atom. The fourth-order valence-corrected chi connectivity index (χ4v) is 4.90. The molecule has 8 nitrogen and oxygen atoms in total. The minimum Gasteiger partial charge on any atom is -0.485 e. The molecule has 0 atom stereocenters. The summed E-state index contributed by atoms with van der Waals surface area (Å²) in [6.45, 7) is 10.6. The fraction of sp³-hybridized carbons (Fsp3) is 0.333. The smallest absolute Gasteiger partial charge is 0.340 e. The van der Waals surface area contributed by atoms with Gasteiger partial charge in [-0.25, -0.2) is 4.79 Å². The second kappa shape index (κ2) is 11.8. The number of thiophene rings is 1. The van der Waals surface area contributed by atoms with Gasteiger partial charge in [0.1, 0.15) is 17.4 Å². The van der Waals surface area contributed by atoms with Crippen molar-refractivity contribution in [3.05, 3.63) is 64.3 Å². The van der Waals surface area contributed by atoms with Crippen molar-refractivity contribution in [3.63, 3.8) is 0 Å². The standard InChI is InChI=1S/C24H28N4O4S2/c1-6-11-28-20(13-32-19-10-8-9-15(3)16(19)4)26-27-24(28)33-14-21(29)25-22-18(23(30)31-5)12-17(7-2)34-22/h6,8-10,12H,1,7,11,13-14H2,2-5H3,(H,25,29). The number of nitrogens with zero attached hydrogens (tertiary/aromatic N) is 3. The highest BCUT2D eigenvalue weighted by atomic mass is 32.2. The van der Waals surface area contributed by atoms with Crippen LogP contribution in [0.2, 0.25) is 0 Å². The Morgan fingerprint density at radius 3 is 2.79 bits per heavy atom. The summed E-state index contributed by atoms with van der Waals surface area (Å²) in [5, 5.41) is 12.4. The van der Waals surface area contributed by atoms with Gasteiger partial charge in [0.2, 0.25) is 5.91 Å². The molecule has 34 heavy (non-hydrogen) atoms. The number of hydrogen-bond acceptors (Lipinski definition) is 8. The van der Waals surface area contributed by atoms with Gasteiger partial charge in [0.05, 0.1) is 18.4 Å². The van der Waals surface area contributed by atoms with Crippen molar-refractivity contribution in [1.29, 1.82) is 0 Å². The number of carbonyl (C=O) groups excluding carboxylic acids is 2. The third-order valence-electron chi connectivity index (χ3n) is 5.14. The van der Waals surface area contributed by atoms with Crippen LogP contribution in [0.4, 0.5) is 5.00 Å². The van der Waals surface area contributed by atoms with Gasteiger partial charge >= 0.3 is 5.97 Å². The zero-order chi connectivity index (χ0) is 24.7. The monoisotopic (exact) mass is 500 g/mol. The van der Waals surface area contributed by atoms with Crippen LogP contribution in [0.25, 0.3) is 0 Å². The Bertz CT molecular complexity index is 1190. The number of rotatable bonds is 11. The topological polar surface area (TPSA) is 95.3 Å². The number of hydrogen-bond donors (Lipinski definition) is 1. The molecule has 0 fully saturated rings. The number of anilines is 1. The number of amides is 1. The van der Waals surface area contributed by atoms with Crippen molar-refractivity contribution >= 4 is 40.0 Å². The van der Waals surface area contributed by atoms with Gasteiger partial charge in [-0.1, -0.05) is 36.9 Å². The van der Waals surface area contributed by atoms with Crippen molar-refractivity contribution in [2.75, 3.05) is 18.2 Å². The number of methoxy groups -OCH3 is 1. The Kier molecular flexibility index (Phi) is 8.89. The summed E-state index contributed by atoms with van der Waals surface area (Å²) in [6, 6.07) is 7.67. The summed E-state index contributed by atoms with van der Waals surface area (Å²) in [4.78, 5) is 25.6. The number of esters is 1. The average molecular weight is 501 g/mol. The molecule has 3 rings (SSSR count). The maximum Gasteiger partial charge on any atom is 0.340 e. The molecule has 1 amide bonds. The van der Waals surface area contributed by atoms with Crippen LogP contribution in [0.15, 0.2) is 42.1 Å². The molecule has 2 heterocycles. The van der Waals surface area contributed by atoms with Gasteiger partial charge in [0, 0.05) is 11.4 Å². The number of benzene rings is 1. The second-order valence-corrected chi connectivity index (χ2v) is 9.50. The van der Waals surface area contributed by atoms with E-state index in [1.54, 1.807) is 12.1 Å². The summed E-state index contributed by atoms with van der Waals surface area (Å²) in [6.07, 6.45) is 2.51. The van der Waals surface area contributed by atoms with Crippen molar-refractivity contribution in [3.8, 4) is 5.75 Å². The maximum absolute atomic E-state index is 12.6. The molecule has 1 N–H and O–H groups in total. The van der Waals surface area contributed by atoms with Gasteiger partial charge < -0.3 is 14.8 Å². The maximum atomic E-state index is 12.6. The summed E-state index contributed by atoms with van der Waals surface area (Å²) < 4.78 is 12.7. The van der Waals surface area contributed by atoms with Crippen LogP contribution in [0.5, 0.6) is 5.75 Å². The number of thioether (sulfide) groups is 1. The molecule has 0 aliphatic heterocycles. The first kappa shape index (κ1) is 25.5. The molecule has 0 radical (unpaired) electrons. The molecule has 0 unspecified atom stereocenters. The molecular formula is C24H28N4O4S2. The third-order valence-corrected chi connectivity index (χ3v) is 7.30. The fourth-order valence-electron chi connectivity index (χ4n) is 3.13. The first-order valence-electron chi connectivity index (χ1n) is 10.7. The van der Waals surface area contributed by atoms with E-state index in [0.29, 0.717) is 28.1 Å². The molecule has 0 spiro atoms. The van der Waals surface area contributed by atoms with Crippen LogP contribution < -0.4 is 10.1 Å². The van der Waals surface area contributed by atoms with E-state index in [1.165, 1.54) is 30.2 Å². The summed E-state index contributed by atoms with van der Waals surface area (Å²) in [7, 11) is 1.32. The van der Waals surface area contributed by atoms with Crippen LogP contribution in [-0.4, -0.2) is 39.5 Å². The normalized spacial score (nSPS) is 10.7. The summed E-state index contributed by atoms with van der Waals surface area (Å²) >= 11 is 2.63. The van der Waals surface area contributed by atoms with E-state index in [0.717, 1.165) is 28.2 Å². The Morgan fingerprint density at radius 1 is 1.29 bits per heavy atom. The van der Waals surface area contributed by atoms with Crippen molar-refractivity contribution in [2.24, 2.45) is 0 Å². The Balaban J connectivity index is 1.67. The molecular weight excluding hydrogens is 472 g/mol. The van der Waals surface area contributed by atoms with E-state index in [4.69, 9.17) is 9.47 Å². The largest absolute Gasteiger partial charge is 0.485 e. The first-order valence-corrected chi connectivity index (χ1v) is 12.5. The molecule has 0 saturated heterocycles. The van der Waals surface area contributed by atoms with Gasteiger partial charge in [0.25, 0.3) is 0 Å². The van der Waals surface area contributed by atoms with E-state index in [1.807, 2.05) is 43.5 Å². The van der Waals surface area contributed by atoms with Gasteiger partial charge in [-0.3, -0.25) is 9.36 Å². The Hall–Kier alpha value is -3.11. The molecule has 0 aliphatic rings. The number of allylic oxidation sites excluding steroid dienone is 1. The number of ether oxygens (including phenoxy) is 2. The number of nitrogens with one attached hydrogen (secondary N) is 1. The van der Waals surface area contributed by atoms with Crippen molar-refractivity contribution in [1.82, 2.24) is 14.8 Å². The molecule has 2 aromatic heterocycles. The lowest BCUT2D eigenvalue weighted by atomic mass is 10.1. The Labute approximate surface area is 207 Å². The van der Waals surface area contributed by atoms with Crippen LogP contribution in [0.3, 0.4) is 0 Å². The highest BCUT2D eigenvalue weighted by molar-refractivity contribution is 7.99. The van der Waals surface area contributed by atoms with Crippen molar-refractivity contribution < 1.29 is 19.1 Å². The lowest BCUT2D eigenvalue weighted by Gasteiger charge is -2.12. The average Bonchev–Trinajstić information content (AvgIpc) is 3.42. The van der Waals surface area contributed by atoms with E-state index >= 15 is 0 Å². The first-order chi connectivity index (χ1) is 16.4. The van der Waals surface area contributed by atoms with E-state index in [2.05, 4.69) is 22.1 Å². The minimum absolute atomic E-state index is 0.104. The zero-order valence-corrected chi connectivity index (χ0v) is 21.3. The van der Waals surface area contributed by atoms with Gasteiger partial charge in [-0.2, -0.15) is 0 Å². The van der Waals surface area contributed by atoms with Gasteiger partial charge in [0.15, 0.2) is 11.0 Å². The predicted molar refractivity (Wildman–Crippen MR) is 135 cm³/mol. The summed E-state index contributed by atoms with van der Waals surface area (Å²) in [5.74, 6) is 0.819. The third kappa shape index (κ3) is 6.06. The molecule has 1 aromatic carbocycles. The molecule has 0 saturated carbocycles. The highest BCUT2D eigenvalue weighted by Crippen LogP contribution is 2.30. The summed E-state index contributed by atoms with van der Waals surface area (Å²) in [5.41, 5.74) is 2.59. The molecule has 10 heteroatoms. The van der Waals surface area contributed by atoms with Crippen LogP contribution in [0, 0.1) is 13.8 Å². The highest BCUT2D eigenvalue weighted by Gasteiger charge is 2.19. The SMILES string of the molecule is C=CCn1c(COc2cccc(C)c2C)nnc1SCC(=O)Nc1sc(CC)cc1C(=O)OC. The molecule has 0 aliphatic carbocycles. The lowest BCUT2D eigenvalue weighted by molar-refractivity contribution is -0.113. The number of carbonyl (C=O) groups is 2. The van der Waals surface area contributed by atoms with Crippen molar-refractivity contribution in [2.45, 2.75) is 45.5 Å². The minimum atomic E-state index is -0.474. The molecule has 3 aromatic rings. The number of aromatic nitrogens is 3. The van der Waals surface area contributed by atoms with E-state index < -0.39 is 5.97 Å². The van der Waals surface area contributed by atoms with Gasteiger partial charge in [-0.05, 0) is 43.5 Å². The molecule has 180 valence electrons. The quantitative estimate of drug-likeness (QED) is 0.229.